The summed E-state index contributed by atoms with van der Waals surface area (Å²) in [5.41, 5.74) is 1.42. The minimum atomic E-state index is -0.944. The molecule has 0 unspecified atom stereocenters. The van der Waals surface area contributed by atoms with Gasteiger partial charge in [0, 0.05) is 44.1 Å². The summed E-state index contributed by atoms with van der Waals surface area (Å²) in [4.78, 5) is 62.2. The Morgan fingerprint density at radius 2 is 1.59 bits per heavy atom. The lowest BCUT2D eigenvalue weighted by molar-refractivity contribution is -0.143. The van der Waals surface area contributed by atoms with Crippen LogP contribution < -0.4 is 14.4 Å². The molecule has 3 rings (SSSR count). The van der Waals surface area contributed by atoms with Crippen molar-refractivity contribution in [3.05, 3.63) is 53.6 Å². The zero-order valence-corrected chi connectivity index (χ0v) is 19.7. The molecule has 1 aliphatic heterocycles. The summed E-state index contributed by atoms with van der Waals surface area (Å²) in [7, 11) is 1.22. The minimum Gasteiger partial charge on any atom is -0.467 e. The van der Waals surface area contributed by atoms with Crippen LogP contribution in [0.25, 0.3) is 0 Å². The summed E-state index contributed by atoms with van der Waals surface area (Å²) in [5, 5.41) is -0.164. The van der Waals surface area contributed by atoms with E-state index in [1.165, 1.54) is 38.0 Å². The van der Waals surface area contributed by atoms with E-state index in [9.17, 15) is 24.0 Å². The number of benzene rings is 2. The first kappa shape index (κ1) is 25.0. The van der Waals surface area contributed by atoms with E-state index in [0.717, 1.165) is 11.8 Å². The second kappa shape index (κ2) is 11.0. The van der Waals surface area contributed by atoms with Crippen molar-refractivity contribution in [2.75, 3.05) is 17.8 Å². The minimum absolute atomic E-state index is 0.00313. The molecule has 1 aliphatic rings. The van der Waals surface area contributed by atoms with Crippen molar-refractivity contribution in [2.45, 2.75) is 32.7 Å². The highest BCUT2D eigenvalue weighted by molar-refractivity contribution is 8.14. The second-order valence-corrected chi connectivity index (χ2v) is 8.44. The molecule has 0 N–H and O–H groups in total. The third-order valence-corrected chi connectivity index (χ3v) is 5.84. The van der Waals surface area contributed by atoms with E-state index in [0.29, 0.717) is 16.8 Å². The van der Waals surface area contributed by atoms with Gasteiger partial charge >= 0.3 is 17.9 Å². The number of anilines is 1. The molecule has 34 heavy (non-hydrogen) atoms. The van der Waals surface area contributed by atoms with Crippen LogP contribution in [0, 0.1) is 0 Å². The lowest BCUT2D eigenvalue weighted by Gasteiger charge is -2.24. The number of methoxy groups -OCH3 is 1. The number of esters is 3. The van der Waals surface area contributed by atoms with Crippen molar-refractivity contribution in [3.63, 3.8) is 0 Å². The van der Waals surface area contributed by atoms with Gasteiger partial charge in [0.05, 0.1) is 12.8 Å². The Labute approximate surface area is 200 Å². The topological polar surface area (TPSA) is 116 Å². The molecule has 0 saturated heterocycles. The van der Waals surface area contributed by atoms with Crippen LogP contribution in [-0.4, -0.2) is 47.8 Å². The van der Waals surface area contributed by atoms with Crippen LogP contribution >= 0.6 is 11.8 Å². The largest absolute Gasteiger partial charge is 0.467 e. The second-order valence-electron chi connectivity index (χ2n) is 7.37. The van der Waals surface area contributed by atoms with Crippen molar-refractivity contribution >= 4 is 46.4 Å². The molecule has 2 aromatic rings. The summed E-state index contributed by atoms with van der Waals surface area (Å²) in [6.45, 7) is 2.39. The fourth-order valence-electron chi connectivity index (χ4n) is 3.56. The van der Waals surface area contributed by atoms with Gasteiger partial charge in [-0.3, -0.25) is 24.1 Å². The molecule has 0 aliphatic carbocycles. The summed E-state index contributed by atoms with van der Waals surface area (Å²) in [6, 6.07) is 10.6. The standard InChI is InChI=1S/C24H23NO8S/c1-14(26)32-20-12-17-11-19(23(29)31-3)25(18(17)13-21(20)33-15(2)27)22(28)9-10-34-24(30)16-7-5-4-6-8-16/h4-8,12-13,19H,9-11H2,1-3H3/t19-/m0/s1. The van der Waals surface area contributed by atoms with Gasteiger partial charge in [0.25, 0.3) is 0 Å². The number of carbonyl (C=O) groups excluding carboxylic acids is 5. The maximum atomic E-state index is 13.2. The molecule has 1 heterocycles. The first-order valence-corrected chi connectivity index (χ1v) is 11.4. The van der Waals surface area contributed by atoms with E-state index in [1.807, 2.05) is 0 Å². The molecule has 2 aromatic carbocycles. The lowest BCUT2D eigenvalue weighted by atomic mass is 10.1. The molecule has 178 valence electrons. The molecule has 1 amide bonds. The smallest absolute Gasteiger partial charge is 0.329 e. The highest BCUT2D eigenvalue weighted by atomic mass is 32.2. The monoisotopic (exact) mass is 485 g/mol. The summed E-state index contributed by atoms with van der Waals surface area (Å²) in [5.74, 6) is -2.15. The Morgan fingerprint density at radius 3 is 2.18 bits per heavy atom. The number of thioether (sulfide) groups is 1. The highest BCUT2D eigenvalue weighted by Gasteiger charge is 2.40. The predicted molar refractivity (Wildman–Crippen MR) is 124 cm³/mol. The maximum Gasteiger partial charge on any atom is 0.329 e. The van der Waals surface area contributed by atoms with Gasteiger partial charge in [-0.25, -0.2) is 4.79 Å². The SMILES string of the molecule is COC(=O)[C@@H]1Cc2cc(OC(C)=O)c(OC(C)=O)cc2N1C(=O)CCSC(=O)c1ccccc1. The zero-order valence-electron chi connectivity index (χ0n) is 18.9. The van der Waals surface area contributed by atoms with E-state index < -0.39 is 29.9 Å². The van der Waals surface area contributed by atoms with E-state index in [1.54, 1.807) is 30.3 Å². The van der Waals surface area contributed by atoms with E-state index >= 15 is 0 Å². The number of rotatable bonds is 7. The van der Waals surface area contributed by atoms with Crippen molar-refractivity contribution in [1.29, 1.82) is 0 Å². The Balaban J connectivity index is 1.85. The van der Waals surface area contributed by atoms with Gasteiger partial charge in [-0.05, 0) is 11.6 Å². The number of hydrogen-bond donors (Lipinski definition) is 0. The average molecular weight is 486 g/mol. The lowest BCUT2D eigenvalue weighted by Crippen LogP contribution is -2.43. The fourth-order valence-corrected chi connectivity index (χ4v) is 4.32. The van der Waals surface area contributed by atoms with Crippen LogP contribution in [0.3, 0.4) is 0 Å². The summed E-state index contributed by atoms with van der Waals surface area (Å²) in [6.07, 6.45) is 0.100. The normalized spacial score (nSPS) is 14.2. The van der Waals surface area contributed by atoms with Crippen molar-refractivity contribution < 1.29 is 38.2 Å². The molecule has 0 saturated carbocycles. The predicted octanol–water partition coefficient (Wildman–Crippen LogP) is 2.93. The Morgan fingerprint density at radius 1 is 0.971 bits per heavy atom. The van der Waals surface area contributed by atoms with Crippen molar-refractivity contribution in [2.24, 2.45) is 0 Å². The molecule has 0 bridgehead atoms. The van der Waals surface area contributed by atoms with Crippen LogP contribution in [0.1, 0.15) is 36.2 Å². The fraction of sp³-hybridized carbons (Fsp3) is 0.292. The van der Waals surface area contributed by atoms with Gasteiger partial charge in [0.1, 0.15) is 6.04 Å². The van der Waals surface area contributed by atoms with Crippen LogP contribution in [0.4, 0.5) is 5.69 Å². The molecule has 10 heteroatoms. The third kappa shape index (κ3) is 5.82. The molecule has 9 nitrogen and oxygen atoms in total. The molecular weight excluding hydrogens is 462 g/mol. The van der Waals surface area contributed by atoms with Crippen molar-refractivity contribution in [1.82, 2.24) is 0 Å². The maximum absolute atomic E-state index is 13.2. The van der Waals surface area contributed by atoms with E-state index in [4.69, 9.17) is 14.2 Å². The number of fused-ring (bicyclic) bond motifs is 1. The molecule has 1 atom stereocenters. The number of ether oxygens (including phenoxy) is 3. The van der Waals surface area contributed by atoms with Crippen LogP contribution in [0.2, 0.25) is 0 Å². The zero-order chi connectivity index (χ0) is 24.8. The molecule has 0 radical (unpaired) electrons. The van der Waals surface area contributed by atoms with Gasteiger partial charge in [0.15, 0.2) is 11.5 Å². The number of carbonyl (C=O) groups is 5. The number of nitrogens with zero attached hydrogens (tertiary/aromatic N) is 1. The van der Waals surface area contributed by atoms with Gasteiger partial charge in [-0.15, -0.1) is 0 Å². The Kier molecular flexibility index (Phi) is 8.06. The van der Waals surface area contributed by atoms with Crippen LogP contribution in [0.5, 0.6) is 11.5 Å². The Bertz CT molecular complexity index is 1130. The van der Waals surface area contributed by atoms with Crippen molar-refractivity contribution in [3.8, 4) is 11.5 Å². The van der Waals surface area contributed by atoms with Crippen LogP contribution in [0.15, 0.2) is 42.5 Å². The van der Waals surface area contributed by atoms with Gasteiger partial charge < -0.3 is 14.2 Å². The van der Waals surface area contributed by atoms with Gasteiger partial charge in [-0.1, -0.05) is 42.1 Å². The quantitative estimate of drug-likeness (QED) is 0.431. The number of hydrogen-bond acceptors (Lipinski definition) is 9. The summed E-state index contributed by atoms with van der Waals surface area (Å²) < 4.78 is 15.2. The molecular formula is C24H23NO8S. The van der Waals surface area contributed by atoms with Gasteiger partial charge in [-0.2, -0.15) is 0 Å². The molecule has 0 spiro atoms. The molecule has 0 fully saturated rings. The first-order valence-electron chi connectivity index (χ1n) is 10.4. The summed E-state index contributed by atoms with van der Waals surface area (Å²) >= 11 is 1.00. The molecule has 0 aromatic heterocycles. The average Bonchev–Trinajstić information content (AvgIpc) is 3.16. The Hall–Kier alpha value is -3.66. The van der Waals surface area contributed by atoms with E-state index in [2.05, 4.69) is 0 Å². The van der Waals surface area contributed by atoms with E-state index in [-0.39, 0.29) is 35.2 Å². The van der Waals surface area contributed by atoms with Gasteiger partial charge in [0.2, 0.25) is 11.0 Å². The number of amides is 1. The third-order valence-electron chi connectivity index (χ3n) is 4.94. The first-order chi connectivity index (χ1) is 16.2. The highest BCUT2D eigenvalue weighted by Crippen LogP contribution is 2.42. The van der Waals surface area contributed by atoms with Crippen LogP contribution in [-0.2, 0) is 30.3 Å².